The van der Waals surface area contributed by atoms with Crippen LogP contribution in [-0.4, -0.2) is 36.6 Å². The molecule has 0 heterocycles. The Bertz CT molecular complexity index is 213. The Labute approximate surface area is 108 Å². The van der Waals surface area contributed by atoms with E-state index in [9.17, 15) is 0 Å². The summed E-state index contributed by atoms with van der Waals surface area (Å²) < 4.78 is 0. The van der Waals surface area contributed by atoms with Gasteiger partial charge in [0.15, 0.2) is 0 Å². The number of hydrogen-bond acceptors (Lipinski definition) is 2. The highest BCUT2D eigenvalue weighted by Gasteiger charge is 2.24. The lowest BCUT2D eigenvalue weighted by atomic mass is 9.85. The third kappa shape index (κ3) is 4.97. The molecule has 2 nitrogen and oxygen atoms in total. The van der Waals surface area contributed by atoms with E-state index in [0.717, 1.165) is 18.5 Å². The number of nitrogens with zero attached hydrogens (tertiary/aromatic N) is 1. The lowest BCUT2D eigenvalue weighted by Crippen LogP contribution is -2.46. The molecular weight excluding hydrogens is 208 g/mol. The van der Waals surface area contributed by atoms with Gasteiger partial charge in [0.25, 0.3) is 0 Å². The zero-order valence-corrected chi connectivity index (χ0v) is 12.6. The predicted octanol–water partition coefficient (Wildman–Crippen LogP) is 3.28. The zero-order valence-electron chi connectivity index (χ0n) is 12.6. The van der Waals surface area contributed by atoms with Crippen LogP contribution in [0.25, 0.3) is 0 Å². The Morgan fingerprint density at radius 3 is 2.47 bits per heavy atom. The van der Waals surface area contributed by atoms with Gasteiger partial charge in [-0.25, -0.2) is 0 Å². The Kier molecular flexibility index (Phi) is 5.94. The molecule has 0 saturated heterocycles. The minimum Gasteiger partial charge on any atom is -0.311 e. The Hall–Kier alpha value is -0.0800. The van der Waals surface area contributed by atoms with Gasteiger partial charge < -0.3 is 10.2 Å². The quantitative estimate of drug-likeness (QED) is 0.766. The summed E-state index contributed by atoms with van der Waals surface area (Å²) in [5.41, 5.74) is 0.291. The standard InChI is InChI=1S/C15H32N2/c1-6-15(3,4)16-11-12-17(5)14-10-8-7-9-13(14)2/h13-14,16H,6-12H2,1-5H3. The molecule has 0 bridgehead atoms. The van der Waals surface area contributed by atoms with Crippen LogP contribution in [0.15, 0.2) is 0 Å². The van der Waals surface area contributed by atoms with Crippen molar-refractivity contribution >= 4 is 0 Å². The number of nitrogens with one attached hydrogen (secondary N) is 1. The highest BCUT2D eigenvalue weighted by molar-refractivity contribution is 4.81. The monoisotopic (exact) mass is 240 g/mol. The smallest absolute Gasteiger partial charge is 0.0123 e. The van der Waals surface area contributed by atoms with Crippen molar-refractivity contribution < 1.29 is 0 Å². The van der Waals surface area contributed by atoms with Crippen LogP contribution in [0.3, 0.4) is 0 Å². The van der Waals surface area contributed by atoms with Gasteiger partial charge in [0, 0.05) is 24.7 Å². The Morgan fingerprint density at radius 1 is 1.24 bits per heavy atom. The Balaban J connectivity index is 2.26. The summed E-state index contributed by atoms with van der Waals surface area (Å²) in [5, 5.41) is 3.65. The second-order valence-corrected chi connectivity index (χ2v) is 6.47. The van der Waals surface area contributed by atoms with Crippen LogP contribution in [0.2, 0.25) is 0 Å². The van der Waals surface area contributed by atoms with Gasteiger partial charge in [-0.05, 0) is 46.1 Å². The molecule has 102 valence electrons. The largest absolute Gasteiger partial charge is 0.311 e. The van der Waals surface area contributed by atoms with Gasteiger partial charge in [0.05, 0.1) is 0 Å². The predicted molar refractivity (Wildman–Crippen MR) is 76.4 cm³/mol. The molecule has 2 heteroatoms. The molecule has 0 aromatic carbocycles. The van der Waals surface area contributed by atoms with Gasteiger partial charge in [0.1, 0.15) is 0 Å². The van der Waals surface area contributed by atoms with E-state index < -0.39 is 0 Å². The lowest BCUT2D eigenvalue weighted by Gasteiger charge is -2.37. The summed E-state index contributed by atoms with van der Waals surface area (Å²) in [6.07, 6.45) is 6.87. The first-order valence-corrected chi connectivity index (χ1v) is 7.41. The van der Waals surface area contributed by atoms with E-state index in [0.29, 0.717) is 5.54 Å². The number of rotatable bonds is 6. The first-order valence-electron chi connectivity index (χ1n) is 7.41. The first-order chi connectivity index (χ1) is 7.96. The molecule has 0 aliphatic heterocycles. The summed E-state index contributed by atoms with van der Waals surface area (Å²) in [5.74, 6) is 0.882. The second kappa shape index (κ2) is 6.75. The van der Waals surface area contributed by atoms with Crippen LogP contribution in [0.5, 0.6) is 0 Å². The fraction of sp³-hybridized carbons (Fsp3) is 1.00. The summed E-state index contributed by atoms with van der Waals surface area (Å²) in [4.78, 5) is 2.57. The summed E-state index contributed by atoms with van der Waals surface area (Å²) in [6.45, 7) is 11.5. The normalized spacial score (nSPS) is 26.5. The molecule has 1 fully saturated rings. The fourth-order valence-electron chi connectivity index (χ4n) is 2.81. The minimum atomic E-state index is 0.291. The average Bonchev–Trinajstić information content (AvgIpc) is 2.29. The molecule has 0 radical (unpaired) electrons. The van der Waals surface area contributed by atoms with E-state index in [2.05, 4.69) is 45.0 Å². The Morgan fingerprint density at radius 2 is 1.88 bits per heavy atom. The summed E-state index contributed by atoms with van der Waals surface area (Å²) in [6, 6.07) is 0.815. The van der Waals surface area contributed by atoms with E-state index >= 15 is 0 Å². The molecular formula is C15H32N2. The van der Waals surface area contributed by atoms with E-state index in [1.54, 1.807) is 0 Å². The van der Waals surface area contributed by atoms with E-state index in [4.69, 9.17) is 0 Å². The maximum absolute atomic E-state index is 3.65. The van der Waals surface area contributed by atoms with Gasteiger partial charge in [0.2, 0.25) is 0 Å². The van der Waals surface area contributed by atoms with Crippen molar-refractivity contribution in [3.8, 4) is 0 Å². The van der Waals surface area contributed by atoms with Crippen molar-refractivity contribution in [1.29, 1.82) is 0 Å². The fourth-order valence-corrected chi connectivity index (χ4v) is 2.81. The second-order valence-electron chi connectivity index (χ2n) is 6.47. The van der Waals surface area contributed by atoms with Gasteiger partial charge in [-0.1, -0.05) is 26.7 Å². The van der Waals surface area contributed by atoms with Gasteiger partial charge in [-0.3, -0.25) is 0 Å². The van der Waals surface area contributed by atoms with Crippen LogP contribution in [0.4, 0.5) is 0 Å². The molecule has 0 aromatic rings. The molecule has 2 unspecified atom stereocenters. The highest BCUT2D eigenvalue weighted by atomic mass is 15.2. The number of hydrogen-bond donors (Lipinski definition) is 1. The molecule has 0 aromatic heterocycles. The zero-order chi connectivity index (χ0) is 12.9. The molecule has 1 N–H and O–H groups in total. The third-order valence-electron chi connectivity index (χ3n) is 4.58. The van der Waals surface area contributed by atoms with Gasteiger partial charge >= 0.3 is 0 Å². The summed E-state index contributed by atoms with van der Waals surface area (Å²) >= 11 is 0. The maximum Gasteiger partial charge on any atom is 0.0123 e. The van der Waals surface area contributed by atoms with Crippen molar-refractivity contribution in [3.63, 3.8) is 0 Å². The van der Waals surface area contributed by atoms with Crippen LogP contribution < -0.4 is 5.32 Å². The van der Waals surface area contributed by atoms with Gasteiger partial charge in [-0.2, -0.15) is 0 Å². The highest BCUT2D eigenvalue weighted by Crippen LogP contribution is 2.27. The van der Waals surface area contributed by atoms with Crippen LogP contribution in [-0.2, 0) is 0 Å². The molecule has 0 spiro atoms. The SMILES string of the molecule is CCC(C)(C)NCCN(C)C1CCCCC1C. The molecule has 1 rings (SSSR count). The van der Waals surface area contributed by atoms with Crippen molar-refractivity contribution in [2.75, 3.05) is 20.1 Å². The third-order valence-corrected chi connectivity index (χ3v) is 4.58. The molecule has 1 aliphatic rings. The van der Waals surface area contributed by atoms with E-state index in [1.165, 1.54) is 38.6 Å². The average molecular weight is 240 g/mol. The van der Waals surface area contributed by atoms with Crippen molar-refractivity contribution in [2.24, 2.45) is 5.92 Å². The van der Waals surface area contributed by atoms with Crippen LogP contribution in [0, 0.1) is 5.92 Å². The summed E-state index contributed by atoms with van der Waals surface area (Å²) in [7, 11) is 2.30. The molecule has 1 aliphatic carbocycles. The molecule has 2 atom stereocenters. The van der Waals surface area contributed by atoms with E-state index in [1.807, 2.05) is 0 Å². The topological polar surface area (TPSA) is 15.3 Å². The van der Waals surface area contributed by atoms with Crippen molar-refractivity contribution in [3.05, 3.63) is 0 Å². The van der Waals surface area contributed by atoms with Crippen molar-refractivity contribution in [2.45, 2.75) is 71.4 Å². The van der Waals surface area contributed by atoms with E-state index in [-0.39, 0.29) is 0 Å². The van der Waals surface area contributed by atoms with Crippen LogP contribution >= 0.6 is 0 Å². The first kappa shape index (κ1) is 15.0. The van der Waals surface area contributed by atoms with Crippen LogP contribution in [0.1, 0.15) is 59.8 Å². The molecule has 0 amide bonds. The maximum atomic E-state index is 3.65. The van der Waals surface area contributed by atoms with Crippen molar-refractivity contribution in [1.82, 2.24) is 10.2 Å². The molecule has 17 heavy (non-hydrogen) atoms. The lowest BCUT2D eigenvalue weighted by molar-refractivity contribution is 0.137. The molecule has 1 saturated carbocycles. The minimum absolute atomic E-state index is 0.291. The van der Waals surface area contributed by atoms with Gasteiger partial charge in [-0.15, -0.1) is 0 Å². The number of likely N-dealkylation sites (N-methyl/N-ethyl adjacent to an activating group) is 1.